The molecule has 106 valence electrons. The van der Waals surface area contributed by atoms with Gasteiger partial charge in [-0.05, 0) is 12.1 Å². The lowest BCUT2D eigenvalue weighted by Gasteiger charge is -2.26. The molecule has 0 atom stereocenters. The SMILES string of the molecule is O=S(=O)(Nc1ccc(F)c(F)c1F)N1CCNCC1. The lowest BCUT2D eigenvalue weighted by molar-refractivity contribution is 0.362. The number of anilines is 1. The van der Waals surface area contributed by atoms with Crippen molar-refractivity contribution in [3.8, 4) is 0 Å². The fourth-order valence-electron chi connectivity index (χ4n) is 1.69. The standard InChI is InChI=1S/C10H12F3N3O2S/c11-7-1-2-8(10(13)9(7)12)15-19(17,18)16-5-3-14-4-6-16/h1-2,14-15H,3-6H2. The van der Waals surface area contributed by atoms with Gasteiger partial charge in [0.2, 0.25) is 0 Å². The number of piperazine rings is 1. The number of benzene rings is 1. The fourth-order valence-corrected chi connectivity index (χ4v) is 2.92. The van der Waals surface area contributed by atoms with E-state index in [0.29, 0.717) is 19.2 Å². The highest BCUT2D eigenvalue weighted by molar-refractivity contribution is 7.90. The first-order chi connectivity index (χ1) is 8.92. The molecule has 0 unspecified atom stereocenters. The second-order valence-electron chi connectivity index (χ2n) is 3.98. The Hall–Kier alpha value is -1.32. The third kappa shape index (κ3) is 2.99. The zero-order valence-corrected chi connectivity index (χ0v) is 10.6. The number of nitrogens with one attached hydrogen (secondary N) is 2. The Balaban J connectivity index is 2.23. The molecule has 0 spiro atoms. The van der Waals surface area contributed by atoms with Crippen LogP contribution in [0.25, 0.3) is 0 Å². The Bertz CT molecular complexity index is 574. The highest BCUT2D eigenvalue weighted by atomic mass is 32.2. The molecular formula is C10H12F3N3O2S. The molecule has 0 saturated carbocycles. The van der Waals surface area contributed by atoms with Crippen molar-refractivity contribution in [2.75, 3.05) is 30.9 Å². The van der Waals surface area contributed by atoms with Crippen LogP contribution in [-0.2, 0) is 10.2 Å². The van der Waals surface area contributed by atoms with Crippen molar-refractivity contribution < 1.29 is 21.6 Å². The minimum absolute atomic E-state index is 0.223. The van der Waals surface area contributed by atoms with Crippen molar-refractivity contribution in [1.82, 2.24) is 9.62 Å². The van der Waals surface area contributed by atoms with Crippen LogP contribution in [0.1, 0.15) is 0 Å². The maximum Gasteiger partial charge on any atom is 0.301 e. The van der Waals surface area contributed by atoms with Gasteiger partial charge in [-0.3, -0.25) is 4.72 Å². The van der Waals surface area contributed by atoms with E-state index in [9.17, 15) is 21.6 Å². The van der Waals surface area contributed by atoms with Crippen molar-refractivity contribution in [3.63, 3.8) is 0 Å². The van der Waals surface area contributed by atoms with Gasteiger partial charge >= 0.3 is 10.2 Å². The number of hydrogen-bond acceptors (Lipinski definition) is 3. The van der Waals surface area contributed by atoms with Gasteiger partial charge in [0.25, 0.3) is 0 Å². The molecule has 0 aliphatic carbocycles. The molecule has 1 aliphatic rings. The lowest BCUT2D eigenvalue weighted by atomic mass is 10.3. The molecule has 1 heterocycles. The van der Waals surface area contributed by atoms with Crippen molar-refractivity contribution in [2.24, 2.45) is 0 Å². The summed E-state index contributed by atoms with van der Waals surface area (Å²) in [6.45, 7) is 1.39. The van der Waals surface area contributed by atoms with Gasteiger partial charge in [-0.2, -0.15) is 12.7 Å². The Morgan fingerprint density at radius 3 is 2.37 bits per heavy atom. The van der Waals surface area contributed by atoms with Crippen LogP contribution in [0, 0.1) is 17.5 Å². The minimum atomic E-state index is -3.97. The molecule has 1 aromatic carbocycles. The van der Waals surface area contributed by atoms with Gasteiger partial charge in [-0.15, -0.1) is 0 Å². The molecule has 2 rings (SSSR count). The molecule has 0 radical (unpaired) electrons. The molecule has 0 bridgehead atoms. The predicted octanol–water partition coefficient (Wildman–Crippen LogP) is 0.666. The third-order valence-corrected chi connectivity index (χ3v) is 4.21. The number of rotatable bonds is 3. The molecule has 0 aromatic heterocycles. The molecular weight excluding hydrogens is 283 g/mol. The quantitative estimate of drug-likeness (QED) is 0.806. The zero-order chi connectivity index (χ0) is 14.0. The monoisotopic (exact) mass is 295 g/mol. The number of nitrogens with zero attached hydrogens (tertiary/aromatic N) is 1. The lowest BCUT2D eigenvalue weighted by Crippen LogP contribution is -2.48. The molecule has 1 saturated heterocycles. The Morgan fingerprint density at radius 1 is 1.11 bits per heavy atom. The second-order valence-corrected chi connectivity index (χ2v) is 5.65. The Kier molecular flexibility index (Phi) is 3.97. The van der Waals surface area contributed by atoms with E-state index in [1.165, 1.54) is 0 Å². The smallest absolute Gasteiger partial charge is 0.301 e. The summed E-state index contributed by atoms with van der Waals surface area (Å²) >= 11 is 0. The topological polar surface area (TPSA) is 61.4 Å². The van der Waals surface area contributed by atoms with E-state index in [4.69, 9.17) is 0 Å². The first kappa shape index (κ1) is 14.1. The largest absolute Gasteiger partial charge is 0.314 e. The summed E-state index contributed by atoms with van der Waals surface area (Å²) in [5.74, 6) is -4.64. The summed E-state index contributed by atoms with van der Waals surface area (Å²) in [5.41, 5.74) is -0.613. The van der Waals surface area contributed by atoms with E-state index >= 15 is 0 Å². The van der Waals surface area contributed by atoms with Crippen LogP contribution in [0.3, 0.4) is 0 Å². The zero-order valence-electron chi connectivity index (χ0n) is 9.79. The van der Waals surface area contributed by atoms with E-state index in [2.05, 4.69) is 5.32 Å². The second kappa shape index (κ2) is 5.35. The minimum Gasteiger partial charge on any atom is -0.314 e. The highest BCUT2D eigenvalue weighted by Gasteiger charge is 2.25. The van der Waals surface area contributed by atoms with Crippen LogP contribution in [-0.4, -0.2) is 38.9 Å². The fraction of sp³-hybridized carbons (Fsp3) is 0.400. The summed E-state index contributed by atoms with van der Waals surface area (Å²) in [4.78, 5) is 0. The molecule has 5 nitrogen and oxygen atoms in total. The van der Waals surface area contributed by atoms with Crippen LogP contribution < -0.4 is 10.0 Å². The molecule has 1 fully saturated rings. The third-order valence-electron chi connectivity index (χ3n) is 2.69. The first-order valence-corrected chi connectivity index (χ1v) is 6.98. The molecule has 9 heteroatoms. The molecule has 0 amide bonds. The number of halogens is 3. The van der Waals surface area contributed by atoms with Gasteiger partial charge in [0.15, 0.2) is 17.5 Å². The summed E-state index contributed by atoms with van der Waals surface area (Å²) < 4.78 is 66.0. The molecule has 1 aliphatic heterocycles. The van der Waals surface area contributed by atoms with E-state index in [1.54, 1.807) is 0 Å². The molecule has 2 N–H and O–H groups in total. The normalized spacial score (nSPS) is 17.4. The number of hydrogen-bond donors (Lipinski definition) is 2. The van der Waals surface area contributed by atoms with Crippen LogP contribution in [0.2, 0.25) is 0 Å². The summed E-state index contributed by atoms with van der Waals surface area (Å²) in [5, 5.41) is 2.96. The molecule has 19 heavy (non-hydrogen) atoms. The maximum absolute atomic E-state index is 13.4. The van der Waals surface area contributed by atoms with Gasteiger partial charge in [0.1, 0.15) is 0 Å². The van der Waals surface area contributed by atoms with Gasteiger partial charge in [0, 0.05) is 26.2 Å². The van der Waals surface area contributed by atoms with Gasteiger partial charge in [-0.1, -0.05) is 0 Å². The van der Waals surface area contributed by atoms with Crippen LogP contribution >= 0.6 is 0 Å². The van der Waals surface area contributed by atoms with E-state index in [-0.39, 0.29) is 13.1 Å². The Labute approximate surface area is 108 Å². The Morgan fingerprint density at radius 2 is 1.74 bits per heavy atom. The van der Waals surface area contributed by atoms with Crippen LogP contribution in [0.15, 0.2) is 12.1 Å². The van der Waals surface area contributed by atoms with Crippen LogP contribution in [0.5, 0.6) is 0 Å². The van der Waals surface area contributed by atoms with Crippen molar-refractivity contribution in [3.05, 3.63) is 29.6 Å². The van der Waals surface area contributed by atoms with Crippen molar-refractivity contribution >= 4 is 15.9 Å². The maximum atomic E-state index is 13.4. The van der Waals surface area contributed by atoms with E-state index < -0.39 is 33.3 Å². The van der Waals surface area contributed by atoms with Crippen LogP contribution in [0.4, 0.5) is 18.9 Å². The average molecular weight is 295 g/mol. The summed E-state index contributed by atoms with van der Waals surface area (Å²) in [6.07, 6.45) is 0. The van der Waals surface area contributed by atoms with Crippen molar-refractivity contribution in [2.45, 2.75) is 0 Å². The van der Waals surface area contributed by atoms with Gasteiger partial charge in [-0.25, -0.2) is 13.2 Å². The molecule has 1 aromatic rings. The predicted molar refractivity (Wildman–Crippen MR) is 63.3 cm³/mol. The summed E-state index contributed by atoms with van der Waals surface area (Å²) in [7, 11) is -3.97. The van der Waals surface area contributed by atoms with Gasteiger partial charge in [0.05, 0.1) is 5.69 Å². The van der Waals surface area contributed by atoms with E-state index in [0.717, 1.165) is 10.4 Å². The highest BCUT2D eigenvalue weighted by Crippen LogP contribution is 2.21. The van der Waals surface area contributed by atoms with E-state index in [1.807, 2.05) is 4.72 Å². The average Bonchev–Trinajstić information content (AvgIpc) is 2.40. The van der Waals surface area contributed by atoms with Gasteiger partial charge < -0.3 is 5.32 Å². The van der Waals surface area contributed by atoms with Crippen molar-refractivity contribution in [1.29, 1.82) is 0 Å². The summed E-state index contributed by atoms with van der Waals surface area (Å²) in [6, 6.07) is 1.50. The first-order valence-electron chi connectivity index (χ1n) is 5.54.